The van der Waals surface area contributed by atoms with E-state index >= 15 is 0 Å². The van der Waals surface area contributed by atoms with Gasteiger partial charge < -0.3 is 0 Å². The number of allylic oxidation sites excluding steroid dienone is 6. The molecule has 1 nitrogen and oxygen atoms in total. The Morgan fingerprint density at radius 1 is 1.31 bits per heavy atom. The van der Waals surface area contributed by atoms with E-state index < -0.39 is 0 Å². The van der Waals surface area contributed by atoms with Crippen molar-refractivity contribution in [2.75, 3.05) is 0 Å². The standard InChI is InChI=1S/C14H14BrN/c1-10-4-3-5-12(7-6-10)14-11(2)8-13(15)9-16-14/h3-10H,1-2H3. The van der Waals surface area contributed by atoms with Crippen molar-refractivity contribution >= 4 is 21.5 Å². The molecule has 0 bridgehead atoms. The zero-order valence-electron chi connectivity index (χ0n) is 9.44. The molecular formula is C14H14BrN. The average molecular weight is 276 g/mol. The first-order valence-electron chi connectivity index (χ1n) is 5.36. The lowest BCUT2D eigenvalue weighted by atomic mass is 10.1. The Morgan fingerprint density at radius 2 is 2.12 bits per heavy atom. The number of hydrogen-bond acceptors (Lipinski definition) is 1. The summed E-state index contributed by atoms with van der Waals surface area (Å²) in [6.45, 7) is 4.26. The molecule has 1 aromatic rings. The van der Waals surface area contributed by atoms with Gasteiger partial charge in [0.25, 0.3) is 0 Å². The van der Waals surface area contributed by atoms with Crippen molar-refractivity contribution in [1.29, 1.82) is 0 Å². The Balaban J connectivity index is 2.41. The molecule has 1 unspecified atom stereocenters. The minimum atomic E-state index is 0.490. The number of halogens is 1. The summed E-state index contributed by atoms with van der Waals surface area (Å²) in [5.41, 5.74) is 3.41. The van der Waals surface area contributed by atoms with E-state index in [0.717, 1.165) is 10.2 Å². The molecule has 2 heteroatoms. The summed E-state index contributed by atoms with van der Waals surface area (Å²) in [6.07, 6.45) is 12.6. The highest BCUT2D eigenvalue weighted by molar-refractivity contribution is 9.10. The topological polar surface area (TPSA) is 12.9 Å². The van der Waals surface area contributed by atoms with Crippen LogP contribution < -0.4 is 0 Å². The van der Waals surface area contributed by atoms with E-state index in [4.69, 9.17) is 0 Å². The van der Waals surface area contributed by atoms with Crippen LogP contribution in [0.4, 0.5) is 0 Å². The SMILES string of the molecule is Cc1cc(Br)cnc1C1=CC=CC(C)C=C1. The maximum atomic E-state index is 4.47. The fourth-order valence-electron chi connectivity index (χ4n) is 1.71. The Labute approximate surface area is 105 Å². The quantitative estimate of drug-likeness (QED) is 0.745. The van der Waals surface area contributed by atoms with Crippen LogP contribution in [0.3, 0.4) is 0 Å². The average Bonchev–Trinajstić information content (AvgIpc) is 2.43. The van der Waals surface area contributed by atoms with Gasteiger partial charge in [0.2, 0.25) is 0 Å². The zero-order chi connectivity index (χ0) is 11.5. The van der Waals surface area contributed by atoms with Crippen LogP contribution in [0, 0.1) is 12.8 Å². The zero-order valence-corrected chi connectivity index (χ0v) is 11.0. The smallest absolute Gasteiger partial charge is 0.0731 e. The predicted octanol–water partition coefficient (Wildman–Crippen LogP) is 4.30. The highest BCUT2D eigenvalue weighted by Crippen LogP contribution is 2.23. The predicted molar refractivity (Wildman–Crippen MR) is 72.1 cm³/mol. The molecule has 0 saturated heterocycles. The van der Waals surface area contributed by atoms with E-state index in [9.17, 15) is 0 Å². The van der Waals surface area contributed by atoms with E-state index in [1.54, 1.807) is 0 Å². The molecule has 1 aliphatic rings. The molecule has 0 radical (unpaired) electrons. The highest BCUT2D eigenvalue weighted by atomic mass is 79.9. The molecule has 2 rings (SSSR count). The van der Waals surface area contributed by atoms with Gasteiger partial charge in [-0.3, -0.25) is 4.98 Å². The molecule has 1 atom stereocenters. The lowest BCUT2D eigenvalue weighted by Gasteiger charge is -2.05. The van der Waals surface area contributed by atoms with Crippen molar-refractivity contribution in [2.45, 2.75) is 13.8 Å². The van der Waals surface area contributed by atoms with Crippen LogP contribution in [-0.4, -0.2) is 4.98 Å². The van der Waals surface area contributed by atoms with Crippen molar-refractivity contribution in [1.82, 2.24) is 4.98 Å². The molecule has 0 amide bonds. The van der Waals surface area contributed by atoms with Crippen molar-refractivity contribution in [3.63, 3.8) is 0 Å². The summed E-state index contributed by atoms with van der Waals surface area (Å²) >= 11 is 3.43. The fraction of sp³-hybridized carbons (Fsp3) is 0.214. The first-order chi connectivity index (χ1) is 7.66. The Morgan fingerprint density at radius 3 is 2.88 bits per heavy atom. The van der Waals surface area contributed by atoms with Crippen LogP contribution in [0.5, 0.6) is 0 Å². The first-order valence-corrected chi connectivity index (χ1v) is 6.15. The summed E-state index contributed by atoms with van der Waals surface area (Å²) < 4.78 is 1.02. The fourth-order valence-corrected chi connectivity index (χ4v) is 2.16. The van der Waals surface area contributed by atoms with Gasteiger partial charge in [-0.05, 0) is 40.4 Å². The second kappa shape index (κ2) is 4.79. The summed E-state index contributed by atoms with van der Waals surface area (Å²) in [7, 11) is 0. The minimum Gasteiger partial charge on any atom is -0.255 e. The molecule has 0 N–H and O–H groups in total. The van der Waals surface area contributed by atoms with Gasteiger partial charge in [0.15, 0.2) is 0 Å². The molecule has 16 heavy (non-hydrogen) atoms. The normalized spacial score (nSPS) is 19.4. The summed E-state index contributed by atoms with van der Waals surface area (Å²) in [5.74, 6) is 0.490. The van der Waals surface area contributed by atoms with Crippen LogP contribution in [0.25, 0.3) is 5.57 Å². The largest absolute Gasteiger partial charge is 0.255 e. The molecule has 0 saturated carbocycles. The van der Waals surface area contributed by atoms with Crippen molar-refractivity contribution in [3.05, 3.63) is 58.4 Å². The van der Waals surface area contributed by atoms with Gasteiger partial charge in [-0.15, -0.1) is 0 Å². The van der Waals surface area contributed by atoms with E-state index in [1.807, 2.05) is 6.20 Å². The van der Waals surface area contributed by atoms with Crippen molar-refractivity contribution in [3.8, 4) is 0 Å². The number of hydrogen-bond donors (Lipinski definition) is 0. The lowest BCUT2D eigenvalue weighted by molar-refractivity contribution is 0.943. The van der Waals surface area contributed by atoms with Crippen molar-refractivity contribution < 1.29 is 0 Å². The van der Waals surface area contributed by atoms with Gasteiger partial charge in [-0.2, -0.15) is 0 Å². The number of aromatic nitrogens is 1. The Hall–Kier alpha value is -1.15. The molecule has 0 aliphatic heterocycles. The number of rotatable bonds is 1. The number of pyridine rings is 1. The van der Waals surface area contributed by atoms with Gasteiger partial charge in [0.1, 0.15) is 0 Å². The van der Waals surface area contributed by atoms with E-state index in [2.05, 4.69) is 71.2 Å². The van der Waals surface area contributed by atoms with Gasteiger partial charge in [0.05, 0.1) is 5.69 Å². The molecule has 1 aromatic heterocycles. The van der Waals surface area contributed by atoms with Gasteiger partial charge in [-0.25, -0.2) is 0 Å². The summed E-state index contributed by atoms with van der Waals surface area (Å²) in [6, 6.07) is 2.09. The third-order valence-electron chi connectivity index (χ3n) is 2.59. The number of nitrogens with zero attached hydrogens (tertiary/aromatic N) is 1. The molecule has 0 spiro atoms. The summed E-state index contributed by atoms with van der Waals surface area (Å²) in [4.78, 5) is 4.47. The molecule has 82 valence electrons. The van der Waals surface area contributed by atoms with Crippen LogP contribution in [0.2, 0.25) is 0 Å². The monoisotopic (exact) mass is 275 g/mol. The second-order valence-electron chi connectivity index (χ2n) is 4.04. The molecule has 1 heterocycles. The second-order valence-corrected chi connectivity index (χ2v) is 4.96. The van der Waals surface area contributed by atoms with Crippen LogP contribution in [0.1, 0.15) is 18.2 Å². The lowest BCUT2D eigenvalue weighted by Crippen LogP contribution is -1.91. The molecule has 0 aromatic carbocycles. The van der Waals surface area contributed by atoms with Crippen molar-refractivity contribution in [2.24, 2.45) is 5.92 Å². The molecule has 0 fully saturated rings. The molecule has 1 aliphatic carbocycles. The van der Waals surface area contributed by atoms with Gasteiger partial charge >= 0.3 is 0 Å². The van der Waals surface area contributed by atoms with E-state index in [-0.39, 0.29) is 0 Å². The maximum absolute atomic E-state index is 4.47. The van der Waals surface area contributed by atoms with Crippen LogP contribution >= 0.6 is 15.9 Å². The van der Waals surface area contributed by atoms with Gasteiger partial charge in [0, 0.05) is 16.2 Å². The van der Waals surface area contributed by atoms with Crippen LogP contribution in [-0.2, 0) is 0 Å². The van der Waals surface area contributed by atoms with Crippen LogP contribution in [0.15, 0.2) is 47.1 Å². The first kappa shape index (κ1) is 11.3. The number of aryl methyl sites for hydroxylation is 1. The summed E-state index contributed by atoms with van der Waals surface area (Å²) in [5, 5.41) is 0. The minimum absolute atomic E-state index is 0.490. The maximum Gasteiger partial charge on any atom is 0.0731 e. The molecular weight excluding hydrogens is 262 g/mol. The third-order valence-corrected chi connectivity index (χ3v) is 3.02. The van der Waals surface area contributed by atoms with E-state index in [0.29, 0.717) is 5.92 Å². The highest BCUT2D eigenvalue weighted by Gasteiger charge is 2.06. The van der Waals surface area contributed by atoms with Gasteiger partial charge in [-0.1, -0.05) is 37.3 Å². The Kier molecular flexibility index (Phi) is 3.39. The Bertz CT molecular complexity index is 484. The third kappa shape index (κ3) is 2.50. The van der Waals surface area contributed by atoms with E-state index in [1.165, 1.54) is 11.1 Å².